The Labute approximate surface area is 104 Å². The van der Waals surface area contributed by atoms with Crippen molar-refractivity contribution < 1.29 is 4.79 Å². The van der Waals surface area contributed by atoms with Crippen molar-refractivity contribution in [2.24, 2.45) is 0 Å². The van der Waals surface area contributed by atoms with Crippen molar-refractivity contribution in [2.45, 2.75) is 25.8 Å². The average Bonchev–Trinajstić information content (AvgIpc) is 2.85. The van der Waals surface area contributed by atoms with Crippen LogP contribution in [0.5, 0.6) is 0 Å². The summed E-state index contributed by atoms with van der Waals surface area (Å²) >= 11 is 0. The lowest BCUT2D eigenvalue weighted by Crippen LogP contribution is -2.43. The van der Waals surface area contributed by atoms with E-state index in [2.05, 4.69) is 20.8 Å². The standard InChI is InChI=1S/C12H13N5O/c1-3-12(2)11-14-15-16-17(11)9-7-5-4-6-8(9)10(18)13-12/h4-7H,3H2,1-2H3,(H,13,18)/t12-/m1/s1. The number of hydrogen-bond acceptors (Lipinski definition) is 4. The van der Waals surface area contributed by atoms with E-state index in [1.165, 1.54) is 0 Å². The number of tetrazole rings is 1. The summed E-state index contributed by atoms with van der Waals surface area (Å²) < 4.78 is 1.64. The highest BCUT2D eigenvalue weighted by atomic mass is 16.2. The van der Waals surface area contributed by atoms with Crippen LogP contribution >= 0.6 is 0 Å². The molecule has 3 rings (SSSR count). The van der Waals surface area contributed by atoms with Crippen LogP contribution in [0.4, 0.5) is 0 Å². The van der Waals surface area contributed by atoms with Gasteiger partial charge in [-0.3, -0.25) is 4.79 Å². The van der Waals surface area contributed by atoms with Gasteiger partial charge in [-0.15, -0.1) is 5.10 Å². The van der Waals surface area contributed by atoms with Gasteiger partial charge >= 0.3 is 0 Å². The van der Waals surface area contributed by atoms with Crippen LogP contribution in [0, 0.1) is 0 Å². The van der Waals surface area contributed by atoms with Gasteiger partial charge in [0.15, 0.2) is 5.82 Å². The second kappa shape index (κ2) is 3.63. The molecule has 1 aliphatic heterocycles. The van der Waals surface area contributed by atoms with Crippen molar-refractivity contribution in [3.63, 3.8) is 0 Å². The summed E-state index contributed by atoms with van der Waals surface area (Å²) in [4.78, 5) is 12.2. The third-order valence-corrected chi connectivity index (χ3v) is 3.44. The van der Waals surface area contributed by atoms with E-state index in [0.717, 1.165) is 0 Å². The molecule has 0 unspecified atom stereocenters. The van der Waals surface area contributed by atoms with Gasteiger partial charge in [-0.1, -0.05) is 19.1 Å². The number of benzene rings is 1. The van der Waals surface area contributed by atoms with Crippen LogP contribution in [0.2, 0.25) is 0 Å². The molecule has 1 atom stereocenters. The summed E-state index contributed by atoms with van der Waals surface area (Å²) in [5.74, 6) is 0.547. The van der Waals surface area contributed by atoms with Crippen molar-refractivity contribution in [3.8, 4) is 5.69 Å². The first-order valence-corrected chi connectivity index (χ1v) is 5.86. The maximum Gasteiger partial charge on any atom is 0.254 e. The zero-order chi connectivity index (χ0) is 12.8. The van der Waals surface area contributed by atoms with Crippen LogP contribution in [0.25, 0.3) is 5.69 Å². The molecule has 0 saturated carbocycles. The SMILES string of the molecule is CC[C@@]1(C)NC(=O)c2ccccc2-n2nnnc21. The van der Waals surface area contributed by atoms with Crippen LogP contribution < -0.4 is 5.32 Å². The molecule has 1 aromatic heterocycles. The van der Waals surface area contributed by atoms with Crippen LogP contribution in [0.1, 0.15) is 36.5 Å². The number of carbonyl (C=O) groups excluding carboxylic acids is 1. The second-order valence-corrected chi connectivity index (χ2v) is 4.57. The van der Waals surface area contributed by atoms with Gasteiger partial charge in [-0.25, -0.2) is 0 Å². The van der Waals surface area contributed by atoms with Gasteiger partial charge < -0.3 is 5.32 Å². The number of nitrogens with zero attached hydrogens (tertiary/aromatic N) is 4. The minimum Gasteiger partial charge on any atom is -0.339 e. The number of aromatic nitrogens is 4. The van der Waals surface area contributed by atoms with Gasteiger partial charge in [-0.2, -0.15) is 4.68 Å². The fraction of sp³-hybridized carbons (Fsp3) is 0.333. The quantitative estimate of drug-likeness (QED) is 0.812. The fourth-order valence-electron chi connectivity index (χ4n) is 2.16. The molecule has 0 radical (unpaired) electrons. The van der Waals surface area contributed by atoms with Gasteiger partial charge in [0.05, 0.1) is 16.8 Å². The zero-order valence-corrected chi connectivity index (χ0v) is 10.2. The molecule has 0 aliphatic carbocycles. The smallest absolute Gasteiger partial charge is 0.254 e. The molecule has 1 N–H and O–H groups in total. The van der Waals surface area contributed by atoms with Crippen molar-refractivity contribution in [1.82, 2.24) is 25.5 Å². The second-order valence-electron chi connectivity index (χ2n) is 4.57. The largest absolute Gasteiger partial charge is 0.339 e. The highest BCUT2D eigenvalue weighted by Gasteiger charge is 2.37. The summed E-state index contributed by atoms with van der Waals surface area (Å²) in [6, 6.07) is 7.32. The normalized spacial score (nSPS) is 21.8. The number of carbonyl (C=O) groups is 1. The lowest BCUT2D eigenvalue weighted by atomic mass is 9.98. The Hall–Kier alpha value is -2.24. The summed E-state index contributed by atoms with van der Waals surface area (Å²) in [5.41, 5.74) is 0.745. The number of rotatable bonds is 1. The van der Waals surface area contributed by atoms with E-state index in [0.29, 0.717) is 23.5 Å². The lowest BCUT2D eigenvalue weighted by molar-refractivity contribution is 0.0902. The molecular weight excluding hydrogens is 230 g/mol. The van der Waals surface area contributed by atoms with Crippen LogP contribution in [0.3, 0.4) is 0 Å². The van der Waals surface area contributed by atoms with Crippen LogP contribution in [0.15, 0.2) is 24.3 Å². The summed E-state index contributed by atoms with van der Waals surface area (Å²) in [5, 5.41) is 14.8. The maximum atomic E-state index is 12.2. The molecule has 18 heavy (non-hydrogen) atoms. The molecule has 1 aromatic carbocycles. The van der Waals surface area contributed by atoms with Gasteiger partial charge in [0.25, 0.3) is 5.91 Å². The Kier molecular flexibility index (Phi) is 2.19. The topological polar surface area (TPSA) is 72.7 Å². The first-order chi connectivity index (χ1) is 8.65. The Balaban J connectivity index is 2.32. The van der Waals surface area contributed by atoms with Crippen molar-refractivity contribution in [2.75, 3.05) is 0 Å². The van der Waals surface area contributed by atoms with Crippen molar-refractivity contribution >= 4 is 5.91 Å². The molecule has 2 aromatic rings. The number of hydrogen-bond donors (Lipinski definition) is 1. The van der Waals surface area contributed by atoms with E-state index in [4.69, 9.17) is 0 Å². The average molecular weight is 243 g/mol. The molecule has 6 nitrogen and oxygen atoms in total. The molecular formula is C12H13N5O. The molecule has 1 aliphatic rings. The number of nitrogens with one attached hydrogen (secondary N) is 1. The molecule has 6 heteroatoms. The predicted octanol–water partition coefficient (Wildman–Crippen LogP) is 1.03. The minimum absolute atomic E-state index is 0.109. The van der Waals surface area contributed by atoms with Gasteiger partial charge in [-0.05, 0) is 35.9 Å². The van der Waals surface area contributed by atoms with Crippen molar-refractivity contribution in [1.29, 1.82) is 0 Å². The number of fused-ring (bicyclic) bond motifs is 3. The van der Waals surface area contributed by atoms with E-state index in [9.17, 15) is 4.79 Å². The Bertz CT molecular complexity index is 620. The molecule has 0 spiro atoms. The molecule has 0 bridgehead atoms. The fourth-order valence-corrected chi connectivity index (χ4v) is 2.16. The minimum atomic E-state index is -0.556. The van der Waals surface area contributed by atoms with E-state index < -0.39 is 5.54 Å². The monoisotopic (exact) mass is 243 g/mol. The molecule has 0 saturated heterocycles. The van der Waals surface area contributed by atoms with E-state index in [1.54, 1.807) is 10.7 Å². The Morgan fingerprint density at radius 3 is 2.94 bits per heavy atom. The van der Waals surface area contributed by atoms with Gasteiger partial charge in [0, 0.05) is 0 Å². The van der Waals surface area contributed by atoms with E-state index in [-0.39, 0.29) is 5.91 Å². The first kappa shape index (κ1) is 10.9. The van der Waals surface area contributed by atoms with Crippen LogP contribution in [-0.2, 0) is 5.54 Å². The van der Waals surface area contributed by atoms with Crippen molar-refractivity contribution in [3.05, 3.63) is 35.7 Å². The van der Waals surface area contributed by atoms with E-state index in [1.807, 2.05) is 32.0 Å². The van der Waals surface area contributed by atoms with E-state index >= 15 is 0 Å². The highest BCUT2D eigenvalue weighted by molar-refractivity contribution is 5.98. The molecule has 0 fully saturated rings. The van der Waals surface area contributed by atoms with Gasteiger partial charge in [0.1, 0.15) is 0 Å². The Morgan fingerprint density at radius 1 is 1.39 bits per heavy atom. The highest BCUT2D eigenvalue weighted by Crippen LogP contribution is 2.29. The third-order valence-electron chi connectivity index (χ3n) is 3.44. The molecule has 2 heterocycles. The molecule has 1 amide bonds. The first-order valence-electron chi connectivity index (χ1n) is 5.86. The maximum absolute atomic E-state index is 12.2. The molecule has 92 valence electrons. The summed E-state index contributed by atoms with van der Waals surface area (Å²) in [6.07, 6.45) is 0.715. The van der Waals surface area contributed by atoms with Gasteiger partial charge in [0.2, 0.25) is 0 Å². The summed E-state index contributed by atoms with van der Waals surface area (Å²) in [7, 11) is 0. The zero-order valence-electron chi connectivity index (χ0n) is 10.2. The summed E-state index contributed by atoms with van der Waals surface area (Å²) in [6.45, 7) is 3.92. The van der Waals surface area contributed by atoms with Crippen LogP contribution in [-0.4, -0.2) is 26.1 Å². The third kappa shape index (κ3) is 1.35. The number of para-hydroxylation sites is 1. The predicted molar refractivity (Wildman–Crippen MR) is 64.3 cm³/mol. The number of amides is 1. The lowest BCUT2D eigenvalue weighted by Gasteiger charge is -2.25. The Morgan fingerprint density at radius 2 is 2.17 bits per heavy atom.